The molecule has 1 saturated heterocycles. The number of anilines is 1. The predicted molar refractivity (Wildman–Crippen MR) is 104 cm³/mol. The average molecular weight is 375 g/mol. The summed E-state index contributed by atoms with van der Waals surface area (Å²) in [5.41, 5.74) is 2.88. The molecule has 0 aliphatic carbocycles. The molecule has 0 spiro atoms. The normalized spacial score (nSPS) is 24.0. The minimum Gasteiger partial charge on any atom is -0.494 e. The van der Waals surface area contributed by atoms with Crippen molar-refractivity contribution < 1.29 is 18.3 Å². The van der Waals surface area contributed by atoms with E-state index in [1.807, 2.05) is 69.3 Å². The van der Waals surface area contributed by atoms with E-state index in [1.165, 1.54) is 5.56 Å². The van der Waals surface area contributed by atoms with E-state index in [-0.39, 0.29) is 6.10 Å². The van der Waals surface area contributed by atoms with E-state index in [2.05, 4.69) is 5.32 Å². The quantitative estimate of drug-likeness (QED) is 0.674. The van der Waals surface area contributed by atoms with Crippen molar-refractivity contribution >= 4 is 13.3 Å². The molecule has 1 aliphatic heterocycles. The molecule has 1 fully saturated rings. The number of hydrogen-bond donors (Lipinski definition) is 1. The highest BCUT2D eigenvalue weighted by Crippen LogP contribution is 2.63. The minimum absolute atomic E-state index is 0.0976. The summed E-state index contributed by atoms with van der Waals surface area (Å²) in [6.07, 6.45) is 0.643. The van der Waals surface area contributed by atoms with Crippen LogP contribution in [0.4, 0.5) is 5.69 Å². The van der Waals surface area contributed by atoms with Crippen LogP contribution in [0.25, 0.3) is 0 Å². The van der Waals surface area contributed by atoms with Crippen LogP contribution in [-0.4, -0.2) is 19.3 Å². The Labute approximate surface area is 155 Å². The zero-order valence-corrected chi connectivity index (χ0v) is 16.4. The molecule has 0 bridgehead atoms. The average Bonchev–Trinajstić information content (AvgIpc) is 2.62. The monoisotopic (exact) mass is 375 g/mol. The second-order valence-electron chi connectivity index (χ2n) is 6.49. The Morgan fingerprint density at radius 2 is 1.88 bits per heavy atom. The van der Waals surface area contributed by atoms with Gasteiger partial charge in [-0.25, -0.2) is 0 Å². The third-order valence-electron chi connectivity index (χ3n) is 4.30. The zero-order valence-electron chi connectivity index (χ0n) is 15.5. The summed E-state index contributed by atoms with van der Waals surface area (Å²) < 4.78 is 30.5. The maximum absolute atomic E-state index is 13.5. The largest absolute Gasteiger partial charge is 0.494 e. The molecule has 6 heteroatoms. The molecule has 1 N–H and O–H groups in total. The molecular weight excluding hydrogens is 349 g/mol. The van der Waals surface area contributed by atoms with Gasteiger partial charge >= 0.3 is 7.60 Å². The second-order valence-corrected chi connectivity index (χ2v) is 8.56. The first-order chi connectivity index (χ1) is 12.5. The predicted octanol–water partition coefficient (Wildman–Crippen LogP) is 5.52. The topological polar surface area (TPSA) is 56.8 Å². The first kappa shape index (κ1) is 19.0. The Kier molecular flexibility index (Phi) is 6.02. The highest BCUT2D eigenvalue weighted by Gasteiger charge is 2.41. The molecule has 0 amide bonds. The number of aryl methyl sites for hydroxylation is 1. The fraction of sp³-hybridized carbons (Fsp3) is 0.400. The van der Waals surface area contributed by atoms with Crippen molar-refractivity contribution in [2.75, 3.05) is 18.5 Å². The van der Waals surface area contributed by atoms with E-state index in [1.54, 1.807) is 0 Å². The van der Waals surface area contributed by atoms with Crippen LogP contribution in [0.2, 0.25) is 0 Å². The maximum Gasteiger partial charge on any atom is 0.357 e. The summed E-state index contributed by atoms with van der Waals surface area (Å²) in [6.45, 7) is 6.94. The molecule has 1 heterocycles. The van der Waals surface area contributed by atoms with Crippen LogP contribution in [0, 0.1) is 6.92 Å². The van der Waals surface area contributed by atoms with Crippen LogP contribution in [0.3, 0.4) is 0 Å². The van der Waals surface area contributed by atoms with Crippen LogP contribution in [-0.2, 0) is 13.6 Å². The standard InChI is InChI=1S/C20H26NO4P/c1-4-23-19-11-7-17(8-12-19)20(21-18-9-5-15(2)6-10-18)26(22)24-14-13-16(3)25-26/h5-12,16,20-21H,4,13-14H2,1-3H3/t16-,20-,26+/m0/s1. The van der Waals surface area contributed by atoms with Gasteiger partial charge in [0.1, 0.15) is 5.75 Å². The third-order valence-corrected chi connectivity index (χ3v) is 6.56. The molecule has 2 aromatic carbocycles. The molecule has 0 unspecified atom stereocenters. The van der Waals surface area contributed by atoms with Gasteiger partial charge in [-0.05, 0) is 57.0 Å². The van der Waals surface area contributed by atoms with E-state index in [0.29, 0.717) is 13.2 Å². The Balaban J connectivity index is 1.92. The van der Waals surface area contributed by atoms with Crippen molar-refractivity contribution in [1.82, 2.24) is 0 Å². The third kappa shape index (κ3) is 4.47. The number of rotatable bonds is 6. The lowest BCUT2D eigenvalue weighted by Crippen LogP contribution is -2.23. The van der Waals surface area contributed by atoms with Crippen molar-refractivity contribution in [3.05, 3.63) is 59.7 Å². The van der Waals surface area contributed by atoms with E-state index in [9.17, 15) is 4.57 Å². The van der Waals surface area contributed by atoms with Crippen LogP contribution >= 0.6 is 7.60 Å². The van der Waals surface area contributed by atoms with Gasteiger partial charge in [0, 0.05) is 5.69 Å². The van der Waals surface area contributed by atoms with Gasteiger partial charge in [0.05, 0.1) is 19.3 Å². The van der Waals surface area contributed by atoms with Gasteiger partial charge in [-0.15, -0.1) is 0 Å². The summed E-state index contributed by atoms with van der Waals surface area (Å²) in [6, 6.07) is 15.5. The first-order valence-electron chi connectivity index (χ1n) is 8.99. The lowest BCUT2D eigenvalue weighted by molar-refractivity contribution is 0.0887. The van der Waals surface area contributed by atoms with Gasteiger partial charge in [0.15, 0.2) is 5.78 Å². The van der Waals surface area contributed by atoms with Crippen molar-refractivity contribution in [2.45, 2.75) is 39.1 Å². The van der Waals surface area contributed by atoms with Crippen molar-refractivity contribution in [2.24, 2.45) is 0 Å². The smallest absolute Gasteiger partial charge is 0.357 e. The Bertz CT molecular complexity index is 760. The highest BCUT2D eigenvalue weighted by molar-refractivity contribution is 7.54. The Hall–Kier alpha value is -1.81. The van der Waals surface area contributed by atoms with Gasteiger partial charge in [-0.3, -0.25) is 4.57 Å². The number of nitrogens with one attached hydrogen (secondary N) is 1. The number of benzene rings is 2. The summed E-state index contributed by atoms with van der Waals surface area (Å²) in [5, 5.41) is 3.35. The molecule has 0 radical (unpaired) electrons. The lowest BCUT2D eigenvalue weighted by Gasteiger charge is -2.34. The molecule has 140 valence electrons. The van der Waals surface area contributed by atoms with Gasteiger partial charge < -0.3 is 19.1 Å². The van der Waals surface area contributed by atoms with Gasteiger partial charge in [-0.1, -0.05) is 29.8 Å². The van der Waals surface area contributed by atoms with Crippen molar-refractivity contribution in [3.8, 4) is 5.75 Å². The highest BCUT2D eigenvalue weighted by atomic mass is 31.2. The summed E-state index contributed by atoms with van der Waals surface area (Å²) >= 11 is 0. The second kappa shape index (κ2) is 8.26. The lowest BCUT2D eigenvalue weighted by atomic mass is 10.2. The number of ether oxygens (including phenoxy) is 1. The van der Waals surface area contributed by atoms with Crippen LogP contribution in [0.1, 0.15) is 37.2 Å². The molecule has 26 heavy (non-hydrogen) atoms. The molecule has 3 atom stereocenters. The fourth-order valence-corrected chi connectivity index (χ4v) is 5.02. The molecule has 0 saturated carbocycles. The molecule has 5 nitrogen and oxygen atoms in total. The summed E-state index contributed by atoms with van der Waals surface area (Å²) in [4.78, 5) is 0. The number of hydrogen-bond acceptors (Lipinski definition) is 5. The maximum atomic E-state index is 13.5. The van der Waals surface area contributed by atoms with E-state index < -0.39 is 13.4 Å². The molecule has 3 rings (SSSR count). The molecule has 2 aromatic rings. The molecular formula is C20H26NO4P. The van der Waals surface area contributed by atoms with Gasteiger partial charge in [0.2, 0.25) is 0 Å². The Morgan fingerprint density at radius 1 is 1.19 bits per heavy atom. The van der Waals surface area contributed by atoms with Crippen molar-refractivity contribution in [3.63, 3.8) is 0 Å². The van der Waals surface area contributed by atoms with E-state index in [4.69, 9.17) is 13.8 Å². The zero-order chi connectivity index (χ0) is 18.6. The summed E-state index contributed by atoms with van der Waals surface area (Å²) in [7, 11) is -3.36. The first-order valence-corrected chi connectivity index (χ1v) is 10.6. The van der Waals surface area contributed by atoms with E-state index >= 15 is 0 Å². The fourth-order valence-electron chi connectivity index (χ4n) is 2.88. The molecule has 1 aliphatic rings. The van der Waals surface area contributed by atoms with Gasteiger partial charge in [0.25, 0.3) is 0 Å². The summed E-state index contributed by atoms with van der Waals surface area (Å²) in [5.74, 6) is 0.200. The van der Waals surface area contributed by atoms with E-state index in [0.717, 1.165) is 23.4 Å². The van der Waals surface area contributed by atoms with Crippen LogP contribution < -0.4 is 10.1 Å². The van der Waals surface area contributed by atoms with Crippen LogP contribution in [0.5, 0.6) is 5.75 Å². The SMILES string of the molecule is CCOc1ccc([C@@H](Nc2ccc(C)cc2)[P@@]2(=O)OCC[C@H](C)O2)cc1. The molecule has 0 aromatic heterocycles. The van der Waals surface area contributed by atoms with Crippen molar-refractivity contribution in [1.29, 1.82) is 0 Å². The van der Waals surface area contributed by atoms with Crippen LogP contribution in [0.15, 0.2) is 48.5 Å². The Morgan fingerprint density at radius 3 is 2.50 bits per heavy atom. The minimum atomic E-state index is -3.36. The van der Waals surface area contributed by atoms with Gasteiger partial charge in [-0.2, -0.15) is 0 Å².